The molecule has 0 aliphatic carbocycles. The van der Waals surface area contributed by atoms with Crippen molar-refractivity contribution >= 4 is 10.9 Å². The van der Waals surface area contributed by atoms with Crippen molar-refractivity contribution in [2.75, 3.05) is 19.7 Å². The number of pyridine rings is 1. The number of fused-ring (bicyclic) bond motifs is 1. The number of ether oxygens (including phenoxy) is 2. The number of nitrogens with one attached hydrogen (secondary N) is 1. The number of benzene rings is 1. The van der Waals surface area contributed by atoms with Gasteiger partial charge in [-0.1, -0.05) is 0 Å². The van der Waals surface area contributed by atoms with Gasteiger partial charge in [0.1, 0.15) is 18.5 Å². The summed E-state index contributed by atoms with van der Waals surface area (Å²) in [5.74, 6) is 0.636. The Hall–Kier alpha value is -2.58. The Morgan fingerprint density at radius 1 is 1.36 bits per heavy atom. The maximum Gasteiger partial charge on any atom is 0.333 e. The predicted octanol–water partition coefficient (Wildman–Crippen LogP) is 3.64. The first-order valence-electron chi connectivity index (χ1n) is 9.14. The van der Waals surface area contributed by atoms with Crippen molar-refractivity contribution in [3.63, 3.8) is 0 Å². The maximum absolute atomic E-state index is 12.9. The van der Waals surface area contributed by atoms with Gasteiger partial charge < -0.3 is 14.8 Å². The van der Waals surface area contributed by atoms with E-state index >= 15 is 0 Å². The van der Waals surface area contributed by atoms with Crippen LogP contribution < -0.4 is 10.1 Å². The average Bonchev–Trinajstić information content (AvgIpc) is 3.16. The Balaban J connectivity index is 1.63. The molecule has 1 N–H and O–H groups in total. The summed E-state index contributed by atoms with van der Waals surface area (Å²) < 4.78 is 38.5. The predicted molar refractivity (Wildman–Crippen MR) is 102 cm³/mol. The quantitative estimate of drug-likeness (QED) is 0.723. The van der Waals surface area contributed by atoms with Gasteiger partial charge in [-0.2, -0.15) is 13.9 Å². The van der Waals surface area contributed by atoms with Crippen molar-refractivity contribution in [3.8, 4) is 16.9 Å². The van der Waals surface area contributed by atoms with Crippen LogP contribution in [0, 0.1) is 0 Å². The molecule has 0 saturated carbocycles. The molecular formula is C20H22F2N4O2. The maximum atomic E-state index is 12.9. The van der Waals surface area contributed by atoms with Gasteiger partial charge in [0.2, 0.25) is 0 Å². The highest BCUT2D eigenvalue weighted by molar-refractivity contribution is 5.89. The fourth-order valence-electron chi connectivity index (χ4n) is 3.37. The van der Waals surface area contributed by atoms with Crippen molar-refractivity contribution in [1.82, 2.24) is 20.1 Å². The average molecular weight is 388 g/mol. The monoisotopic (exact) mass is 388 g/mol. The molecule has 148 valence electrons. The standard InChI is InChI=1S/C20H22F2N4O2/c1-20(2)12-23-9-15(28-20)11-27-18-7-13(6-17-16(18)4-3-5-24-17)14-8-25-26(10-14)19(21)22/h3-8,10,15,19,23H,9,11-12H2,1-2H3/t15-/m0/s1. The van der Waals surface area contributed by atoms with E-state index in [1.54, 1.807) is 6.20 Å². The third kappa shape index (κ3) is 3.98. The summed E-state index contributed by atoms with van der Waals surface area (Å²) in [5.41, 5.74) is 1.77. The highest BCUT2D eigenvalue weighted by atomic mass is 19.3. The van der Waals surface area contributed by atoms with Gasteiger partial charge in [-0.05, 0) is 43.7 Å². The molecule has 0 radical (unpaired) electrons. The summed E-state index contributed by atoms with van der Waals surface area (Å²) >= 11 is 0. The fraction of sp³-hybridized carbons (Fsp3) is 0.400. The number of halogens is 2. The number of hydrogen-bond donors (Lipinski definition) is 1. The first-order chi connectivity index (χ1) is 13.4. The lowest BCUT2D eigenvalue weighted by Gasteiger charge is -2.36. The highest BCUT2D eigenvalue weighted by Crippen LogP contribution is 2.32. The topological polar surface area (TPSA) is 61.2 Å². The van der Waals surface area contributed by atoms with Crippen LogP contribution in [-0.4, -0.2) is 46.2 Å². The minimum atomic E-state index is -2.68. The Morgan fingerprint density at radius 2 is 2.21 bits per heavy atom. The molecule has 0 amide bonds. The summed E-state index contributed by atoms with van der Waals surface area (Å²) in [6.07, 6.45) is 4.34. The zero-order valence-corrected chi connectivity index (χ0v) is 15.7. The molecular weight excluding hydrogens is 366 g/mol. The summed E-state index contributed by atoms with van der Waals surface area (Å²) in [7, 11) is 0. The van der Waals surface area contributed by atoms with Crippen molar-refractivity contribution in [3.05, 3.63) is 42.9 Å². The second-order valence-corrected chi connectivity index (χ2v) is 7.47. The number of alkyl halides is 2. The van der Waals surface area contributed by atoms with E-state index in [0.29, 0.717) is 29.1 Å². The Kier molecular flexibility index (Phi) is 4.99. The lowest BCUT2D eigenvalue weighted by molar-refractivity contribution is -0.106. The van der Waals surface area contributed by atoms with Gasteiger partial charge in [0.15, 0.2) is 0 Å². The van der Waals surface area contributed by atoms with Crippen molar-refractivity contribution < 1.29 is 18.3 Å². The lowest BCUT2D eigenvalue weighted by Crippen LogP contribution is -2.52. The number of nitrogens with zero attached hydrogens (tertiary/aromatic N) is 3. The van der Waals surface area contributed by atoms with E-state index in [1.807, 2.05) is 38.1 Å². The van der Waals surface area contributed by atoms with E-state index in [9.17, 15) is 8.78 Å². The van der Waals surface area contributed by atoms with Crippen LogP contribution in [0.1, 0.15) is 20.4 Å². The van der Waals surface area contributed by atoms with Crippen LogP contribution in [0.5, 0.6) is 5.75 Å². The molecule has 1 saturated heterocycles. The highest BCUT2D eigenvalue weighted by Gasteiger charge is 2.28. The van der Waals surface area contributed by atoms with Gasteiger partial charge in [0.05, 0.1) is 17.3 Å². The molecule has 8 heteroatoms. The first-order valence-corrected chi connectivity index (χ1v) is 9.14. The number of hydrogen-bond acceptors (Lipinski definition) is 5. The molecule has 0 spiro atoms. The molecule has 3 aromatic rings. The Bertz CT molecular complexity index is 974. The van der Waals surface area contributed by atoms with Gasteiger partial charge >= 0.3 is 6.55 Å². The Labute approximate surface area is 161 Å². The van der Waals surface area contributed by atoms with Crippen LogP contribution >= 0.6 is 0 Å². The van der Waals surface area contributed by atoms with E-state index in [1.165, 1.54) is 12.4 Å². The molecule has 1 aromatic carbocycles. The zero-order chi connectivity index (χ0) is 19.7. The molecule has 6 nitrogen and oxygen atoms in total. The molecule has 0 bridgehead atoms. The number of aromatic nitrogens is 3. The van der Waals surface area contributed by atoms with E-state index in [2.05, 4.69) is 15.4 Å². The largest absolute Gasteiger partial charge is 0.490 e. The lowest BCUT2D eigenvalue weighted by atomic mass is 10.1. The molecule has 3 heterocycles. The SMILES string of the molecule is CC1(C)CNC[C@@H](COc2cc(-c3cnn(C(F)F)c3)cc3ncccc23)O1. The van der Waals surface area contributed by atoms with Crippen molar-refractivity contribution in [2.24, 2.45) is 0 Å². The Morgan fingerprint density at radius 3 is 2.96 bits per heavy atom. The molecule has 0 unspecified atom stereocenters. The molecule has 4 rings (SSSR count). The van der Waals surface area contributed by atoms with Crippen molar-refractivity contribution in [2.45, 2.75) is 32.1 Å². The normalized spacial score (nSPS) is 19.2. The van der Waals surface area contributed by atoms with Gasteiger partial charge in [-0.15, -0.1) is 0 Å². The van der Waals surface area contributed by atoms with Crippen LogP contribution in [-0.2, 0) is 4.74 Å². The summed E-state index contributed by atoms with van der Waals surface area (Å²) in [5, 5.41) is 7.92. The van der Waals surface area contributed by atoms with Gasteiger partial charge in [-0.25, -0.2) is 4.68 Å². The van der Waals surface area contributed by atoms with Crippen LogP contribution in [0.25, 0.3) is 22.0 Å². The number of rotatable bonds is 5. The smallest absolute Gasteiger partial charge is 0.333 e. The molecule has 28 heavy (non-hydrogen) atoms. The van der Waals surface area contributed by atoms with E-state index in [4.69, 9.17) is 9.47 Å². The molecule has 2 aromatic heterocycles. The minimum Gasteiger partial charge on any atom is -0.490 e. The van der Waals surface area contributed by atoms with Crippen LogP contribution in [0.15, 0.2) is 42.9 Å². The minimum absolute atomic E-state index is 0.0827. The number of morpholine rings is 1. The van der Waals surface area contributed by atoms with Gasteiger partial charge in [0.25, 0.3) is 0 Å². The van der Waals surface area contributed by atoms with E-state index in [0.717, 1.165) is 23.0 Å². The van der Waals surface area contributed by atoms with Crippen LogP contribution in [0.4, 0.5) is 8.78 Å². The fourth-order valence-corrected chi connectivity index (χ4v) is 3.37. The van der Waals surface area contributed by atoms with Crippen LogP contribution in [0.3, 0.4) is 0 Å². The van der Waals surface area contributed by atoms with Gasteiger partial charge in [-0.3, -0.25) is 4.98 Å². The second kappa shape index (κ2) is 7.44. The van der Waals surface area contributed by atoms with Crippen LogP contribution in [0.2, 0.25) is 0 Å². The van der Waals surface area contributed by atoms with E-state index in [-0.39, 0.29) is 11.7 Å². The second-order valence-electron chi connectivity index (χ2n) is 7.47. The summed E-state index contributed by atoms with van der Waals surface area (Å²) in [6, 6.07) is 7.44. The third-order valence-electron chi connectivity index (χ3n) is 4.65. The third-order valence-corrected chi connectivity index (χ3v) is 4.65. The molecule has 1 atom stereocenters. The summed E-state index contributed by atoms with van der Waals surface area (Å²) in [6.45, 7) is 3.27. The zero-order valence-electron chi connectivity index (χ0n) is 15.7. The van der Waals surface area contributed by atoms with Crippen molar-refractivity contribution in [1.29, 1.82) is 0 Å². The summed E-state index contributed by atoms with van der Waals surface area (Å²) in [4.78, 5) is 4.39. The van der Waals surface area contributed by atoms with Gasteiger partial charge in [0, 0.05) is 36.4 Å². The molecule has 1 aliphatic heterocycles. The molecule has 1 fully saturated rings. The first kappa shape index (κ1) is 18.8. The van der Waals surface area contributed by atoms with E-state index < -0.39 is 6.55 Å². The molecule has 1 aliphatic rings.